The number of rotatable bonds is 6. The molecule has 1 fully saturated rings. The molecule has 3 nitrogen and oxygen atoms in total. The van der Waals surface area contributed by atoms with E-state index >= 15 is 0 Å². The van der Waals surface area contributed by atoms with Crippen LogP contribution in [0.15, 0.2) is 78.9 Å². The zero-order valence-electron chi connectivity index (χ0n) is 17.2. The van der Waals surface area contributed by atoms with E-state index in [1.54, 1.807) is 6.07 Å². The molecule has 1 aliphatic rings. The normalized spacial score (nSPS) is 15.1. The lowest BCUT2D eigenvalue weighted by Gasteiger charge is -2.36. The Kier molecular flexibility index (Phi) is 6.47. The number of hydrogen-bond acceptors (Lipinski definition) is 3. The van der Waals surface area contributed by atoms with Gasteiger partial charge in [0.25, 0.3) is 0 Å². The van der Waals surface area contributed by atoms with Crippen LogP contribution >= 0.6 is 0 Å². The molecular weight excluding hydrogens is 401 g/mol. The first-order valence-corrected chi connectivity index (χ1v) is 10.4. The highest BCUT2D eigenvalue weighted by Gasteiger charge is 2.31. The summed E-state index contributed by atoms with van der Waals surface area (Å²) in [5.41, 5.74) is 2.36. The number of benzene rings is 3. The van der Waals surface area contributed by atoms with E-state index in [0.29, 0.717) is 25.4 Å². The number of hydrogen-bond donors (Lipinski definition) is 0. The van der Waals surface area contributed by atoms with E-state index in [0.717, 1.165) is 37.0 Å². The average Bonchev–Trinajstić information content (AvgIpc) is 2.79. The summed E-state index contributed by atoms with van der Waals surface area (Å²) in [6.45, 7) is 4.39. The molecule has 0 radical (unpaired) electrons. The first-order chi connectivity index (χ1) is 15.0. The van der Waals surface area contributed by atoms with Crippen molar-refractivity contribution in [3.05, 3.63) is 95.6 Å². The van der Waals surface area contributed by atoms with Gasteiger partial charge in [-0.1, -0.05) is 48.5 Å². The molecular formula is C25H25F3N2O. The van der Waals surface area contributed by atoms with Gasteiger partial charge >= 0.3 is 6.18 Å². The summed E-state index contributed by atoms with van der Waals surface area (Å²) in [6.07, 6.45) is -4.31. The maximum absolute atomic E-state index is 13.0. The Morgan fingerprint density at radius 3 is 2.13 bits per heavy atom. The van der Waals surface area contributed by atoms with Crippen LogP contribution in [0, 0.1) is 0 Å². The Labute approximate surface area is 180 Å². The summed E-state index contributed by atoms with van der Waals surface area (Å²) in [5, 5.41) is 0. The Hall–Kier alpha value is -2.99. The number of ether oxygens (including phenoxy) is 1. The quantitative estimate of drug-likeness (QED) is 0.510. The van der Waals surface area contributed by atoms with Crippen molar-refractivity contribution in [2.45, 2.75) is 19.3 Å². The van der Waals surface area contributed by atoms with Crippen molar-refractivity contribution in [1.29, 1.82) is 0 Å². The van der Waals surface area contributed by atoms with Gasteiger partial charge in [0.05, 0.1) is 5.56 Å². The lowest BCUT2D eigenvalue weighted by molar-refractivity contribution is -0.137. The van der Waals surface area contributed by atoms with Crippen molar-refractivity contribution in [2.24, 2.45) is 0 Å². The van der Waals surface area contributed by atoms with Crippen molar-refractivity contribution < 1.29 is 17.9 Å². The lowest BCUT2D eigenvalue weighted by Crippen LogP contribution is -2.46. The smallest absolute Gasteiger partial charge is 0.416 e. The van der Waals surface area contributed by atoms with Crippen LogP contribution in [0.4, 0.5) is 18.9 Å². The Bertz CT molecular complexity index is 966. The summed E-state index contributed by atoms with van der Waals surface area (Å²) in [7, 11) is 0. The van der Waals surface area contributed by atoms with Gasteiger partial charge in [-0.2, -0.15) is 13.2 Å². The minimum Gasteiger partial charge on any atom is -0.489 e. The molecule has 0 spiro atoms. The van der Waals surface area contributed by atoms with E-state index in [9.17, 15) is 13.2 Å². The molecule has 1 saturated heterocycles. The predicted molar refractivity (Wildman–Crippen MR) is 116 cm³/mol. The van der Waals surface area contributed by atoms with Gasteiger partial charge in [-0.3, -0.25) is 4.90 Å². The van der Waals surface area contributed by atoms with Gasteiger partial charge in [0.2, 0.25) is 0 Å². The first-order valence-electron chi connectivity index (χ1n) is 10.4. The van der Waals surface area contributed by atoms with Gasteiger partial charge in [-0.15, -0.1) is 0 Å². The second-order valence-electron chi connectivity index (χ2n) is 7.73. The van der Waals surface area contributed by atoms with Crippen LogP contribution < -0.4 is 9.64 Å². The SMILES string of the molecule is FC(F)(F)c1cccc(N2CCN(Cc3ccc(OCc4ccccc4)cc3)CC2)c1. The van der Waals surface area contributed by atoms with Crippen LogP contribution in [-0.2, 0) is 19.3 Å². The summed E-state index contributed by atoms with van der Waals surface area (Å²) >= 11 is 0. The molecule has 0 aromatic heterocycles. The van der Waals surface area contributed by atoms with Crippen molar-refractivity contribution in [1.82, 2.24) is 4.90 Å². The minimum absolute atomic E-state index is 0.539. The van der Waals surface area contributed by atoms with Crippen molar-refractivity contribution in [2.75, 3.05) is 31.1 Å². The second-order valence-corrected chi connectivity index (χ2v) is 7.73. The molecule has 0 atom stereocenters. The Balaban J connectivity index is 1.27. The molecule has 3 aromatic carbocycles. The molecule has 0 aliphatic carbocycles. The van der Waals surface area contributed by atoms with Crippen LogP contribution in [-0.4, -0.2) is 31.1 Å². The van der Waals surface area contributed by atoms with Crippen LogP contribution in [0.1, 0.15) is 16.7 Å². The zero-order chi connectivity index (χ0) is 21.7. The molecule has 0 unspecified atom stereocenters. The van der Waals surface area contributed by atoms with E-state index < -0.39 is 11.7 Å². The van der Waals surface area contributed by atoms with Gasteiger partial charge in [-0.05, 0) is 41.5 Å². The van der Waals surface area contributed by atoms with E-state index in [4.69, 9.17) is 4.74 Å². The van der Waals surface area contributed by atoms with Gasteiger partial charge in [0.15, 0.2) is 0 Å². The third kappa shape index (κ3) is 5.79. The summed E-state index contributed by atoms with van der Waals surface area (Å²) < 4.78 is 44.7. The van der Waals surface area contributed by atoms with Crippen molar-refractivity contribution in [3.8, 4) is 5.75 Å². The molecule has 0 saturated carbocycles. The fourth-order valence-corrected chi connectivity index (χ4v) is 3.73. The van der Waals surface area contributed by atoms with E-state index in [-0.39, 0.29) is 0 Å². The van der Waals surface area contributed by atoms with Crippen LogP contribution in [0.2, 0.25) is 0 Å². The highest BCUT2D eigenvalue weighted by atomic mass is 19.4. The van der Waals surface area contributed by atoms with Gasteiger partial charge in [-0.25, -0.2) is 0 Å². The van der Waals surface area contributed by atoms with Crippen molar-refractivity contribution in [3.63, 3.8) is 0 Å². The van der Waals surface area contributed by atoms with E-state index in [1.807, 2.05) is 47.4 Å². The molecule has 31 heavy (non-hydrogen) atoms. The molecule has 4 rings (SSSR count). The number of anilines is 1. The first kappa shape index (κ1) is 21.2. The summed E-state index contributed by atoms with van der Waals surface area (Å²) in [4.78, 5) is 4.34. The fourth-order valence-electron chi connectivity index (χ4n) is 3.73. The maximum atomic E-state index is 13.0. The molecule has 1 aliphatic heterocycles. The molecule has 3 aromatic rings. The summed E-state index contributed by atoms with van der Waals surface area (Å²) in [5.74, 6) is 0.835. The second kappa shape index (κ2) is 9.43. The average molecular weight is 426 g/mol. The number of alkyl halides is 3. The number of piperazine rings is 1. The van der Waals surface area contributed by atoms with Gasteiger partial charge in [0.1, 0.15) is 12.4 Å². The molecule has 162 valence electrons. The van der Waals surface area contributed by atoms with Crippen molar-refractivity contribution >= 4 is 5.69 Å². The standard InChI is InChI=1S/C25H25F3N2O/c26-25(27,28)22-7-4-8-23(17-22)30-15-13-29(14-16-30)18-20-9-11-24(12-10-20)31-19-21-5-2-1-3-6-21/h1-12,17H,13-16,18-19H2. The highest BCUT2D eigenvalue weighted by Crippen LogP contribution is 2.32. The monoisotopic (exact) mass is 426 g/mol. The molecule has 0 N–H and O–H groups in total. The third-order valence-electron chi connectivity index (χ3n) is 5.49. The molecule has 0 bridgehead atoms. The largest absolute Gasteiger partial charge is 0.489 e. The lowest BCUT2D eigenvalue weighted by atomic mass is 10.1. The third-order valence-corrected chi connectivity index (χ3v) is 5.49. The topological polar surface area (TPSA) is 15.7 Å². The van der Waals surface area contributed by atoms with Crippen LogP contribution in [0.3, 0.4) is 0 Å². The molecule has 0 amide bonds. The number of halogens is 3. The van der Waals surface area contributed by atoms with Crippen LogP contribution in [0.5, 0.6) is 5.75 Å². The molecule has 1 heterocycles. The Morgan fingerprint density at radius 1 is 0.742 bits per heavy atom. The predicted octanol–water partition coefficient (Wildman–Crippen LogP) is 5.61. The maximum Gasteiger partial charge on any atom is 0.416 e. The van der Waals surface area contributed by atoms with E-state index in [2.05, 4.69) is 17.0 Å². The van der Waals surface area contributed by atoms with Crippen LogP contribution in [0.25, 0.3) is 0 Å². The highest BCUT2D eigenvalue weighted by molar-refractivity contribution is 5.49. The Morgan fingerprint density at radius 2 is 1.45 bits per heavy atom. The zero-order valence-corrected chi connectivity index (χ0v) is 17.2. The number of nitrogens with zero attached hydrogens (tertiary/aromatic N) is 2. The minimum atomic E-state index is -4.31. The van der Waals surface area contributed by atoms with Gasteiger partial charge < -0.3 is 9.64 Å². The summed E-state index contributed by atoms with van der Waals surface area (Å²) in [6, 6.07) is 23.7. The van der Waals surface area contributed by atoms with E-state index in [1.165, 1.54) is 17.7 Å². The van der Waals surface area contributed by atoms with Gasteiger partial charge in [0, 0.05) is 38.4 Å². The fraction of sp³-hybridized carbons (Fsp3) is 0.280. The molecule has 6 heteroatoms.